The van der Waals surface area contributed by atoms with Gasteiger partial charge < -0.3 is 15.2 Å². The number of para-hydroxylation sites is 1. The highest BCUT2D eigenvalue weighted by Gasteiger charge is 2.32. The van der Waals surface area contributed by atoms with Crippen LogP contribution in [0.15, 0.2) is 53.4 Å². The Morgan fingerprint density at radius 3 is 2.73 bits per heavy atom. The molecule has 0 bridgehead atoms. The van der Waals surface area contributed by atoms with E-state index in [1.807, 2.05) is 18.2 Å². The van der Waals surface area contributed by atoms with E-state index in [0.717, 1.165) is 5.56 Å². The third kappa shape index (κ3) is 5.05. The lowest BCUT2D eigenvalue weighted by atomic mass is 10.2. The summed E-state index contributed by atoms with van der Waals surface area (Å²) in [5.74, 6) is -1.05. The minimum atomic E-state index is -1.08. The van der Waals surface area contributed by atoms with Crippen molar-refractivity contribution in [3.8, 4) is 5.75 Å². The number of carbonyl (C=O) groups excluding carboxylic acids is 2. The van der Waals surface area contributed by atoms with Gasteiger partial charge in [0.2, 0.25) is 5.91 Å². The van der Waals surface area contributed by atoms with Crippen molar-refractivity contribution in [3.05, 3.63) is 64.6 Å². The molecule has 3 rings (SSSR count). The maximum atomic E-state index is 12.7. The van der Waals surface area contributed by atoms with E-state index in [4.69, 9.17) is 22.1 Å². The van der Waals surface area contributed by atoms with Crippen LogP contribution in [0.1, 0.15) is 22.3 Å². The number of carbonyl (C=O) groups is 3. The molecule has 0 spiro atoms. The van der Waals surface area contributed by atoms with Crippen molar-refractivity contribution in [1.82, 2.24) is 4.90 Å². The maximum absolute atomic E-state index is 12.7. The highest BCUT2D eigenvalue weighted by Crippen LogP contribution is 2.34. The number of hydrogen-bond donors (Lipinski definition) is 2. The van der Waals surface area contributed by atoms with Crippen molar-refractivity contribution in [1.29, 1.82) is 0 Å². The molecule has 1 heterocycles. The monoisotopic (exact) mass is 442 g/mol. The van der Waals surface area contributed by atoms with Gasteiger partial charge in [-0.2, -0.15) is 0 Å². The Bertz CT molecular complexity index is 1050. The molecule has 0 saturated carbocycles. The average molecular weight is 443 g/mol. The number of amides is 2. The number of thiocarbonyl (C=S) groups is 1. The Labute approximate surface area is 182 Å². The normalized spacial score (nSPS) is 14.8. The Morgan fingerprint density at radius 1 is 1.23 bits per heavy atom. The number of nitrogens with one attached hydrogen (secondary N) is 1. The van der Waals surface area contributed by atoms with E-state index in [2.05, 4.69) is 5.32 Å². The van der Waals surface area contributed by atoms with Crippen LogP contribution >= 0.6 is 24.0 Å². The fraction of sp³-hybridized carbons (Fsp3) is 0.143. The lowest BCUT2D eigenvalue weighted by molar-refractivity contribution is -0.122. The molecule has 1 aliphatic heterocycles. The summed E-state index contributed by atoms with van der Waals surface area (Å²) >= 11 is 6.47. The number of nitrogens with zero attached hydrogens (tertiary/aromatic N) is 1. The van der Waals surface area contributed by atoms with Crippen LogP contribution in [0.4, 0.5) is 5.69 Å². The molecule has 1 saturated heterocycles. The molecular formula is C21H18N2O5S2. The van der Waals surface area contributed by atoms with E-state index < -0.39 is 5.97 Å². The first-order valence-corrected chi connectivity index (χ1v) is 10.1. The summed E-state index contributed by atoms with van der Waals surface area (Å²) in [7, 11) is 1.56. The Balaban J connectivity index is 1.63. The third-order valence-electron chi connectivity index (χ3n) is 4.25. The van der Waals surface area contributed by atoms with Crippen LogP contribution in [0.25, 0.3) is 6.08 Å². The fourth-order valence-corrected chi connectivity index (χ4v) is 4.09. The molecule has 9 heteroatoms. The van der Waals surface area contributed by atoms with Crippen molar-refractivity contribution < 1.29 is 24.2 Å². The lowest BCUT2D eigenvalue weighted by Crippen LogP contribution is -2.31. The molecule has 0 aliphatic carbocycles. The minimum Gasteiger partial charge on any atom is -0.496 e. The quantitative estimate of drug-likeness (QED) is 0.499. The van der Waals surface area contributed by atoms with Crippen LogP contribution in [-0.2, 0) is 9.59 Å². The summed E-state index contributed by atoms with van der Waals surface area (Å²) in [5.41, 5.74) is 1.21. The number of methoxy groups -OCH3 is 1. The molecular weight excluding hydrogens is 424 g/mol. The molecule has 0 aromatic heterocycles. The number of ether oxygens (including phenoxy) is 1. The number of rotatable bonds is 7. The molecule has 1 aliphatic rings. The summed E-state index contributed by atoms with van der Waals surface area (Å²) in [6.45, 7) is 0.123. The Morgan fingerprint density at radius 2 is 2.00 bits per heavy atom. The highest BCUT2D eigenvalue weighted by atomic mass is 32.2. The zero-order valence-electron chi connectivity index (χ0n) is 16.0. The van der Waals surface area contributed by atoms with Gasteiger partial charge in [0.05, 0.1) is 17.6 Å². The third-order valence-corrected chi connectivity index (χ3v) is 5.63. The van der Waals surface area contributed by atoms with Gasteiger partial charge in [-0.05, 0) is 30.3 Å². The number of carboxylic acids is 1. The number of anilines is 1. The van der Waals surface area contributed by atoms with Gasteiger partial charge in [0.15, 0.2) is 0 Å². The van der Waals surface area contributed by atoms with E-state index in [1.54, 1.807) is 31.4 Å². The van der Waals surface area contributed by atoms with Crippen molar-refractivity contribution in [2.24, 2.45) is 0 Å². The summed E-state index contributed by atoms with van der Waals surface area (Å²) in [6.07, 6.45) is 1.74. The first kappa shape index (κ1) is 21.5. The first-order chi connectivity index (χ1) is 14.4. The topological polar surface area (TPSA) is 95.9 Å². The Hall–Kier alpha value is -3.17. The van der Waals surface area contributed by atoms with E-state index in [1.165, 1.54) is 28.8 Å². The minimum absolute atomic E-state index is 0.0195. The van der Waals surface area contributed by atoms with Gasteiger partial charge in [0.1, 0.15) is 10.1 Å². The number of carboxylic acid groups (broad SMARTS) is 1. The van der Waals surface area contributed by atoms with Crippen molar-refractivity contribution in [2.75, 3.05) is 19.0 Å². The molecule has 154 valence electrons. The second-order valence-electron chi connectivity index (χ2n) is 6.26. The van der Waals surface area contributed by atoms with Crippen LogP contribution in [0.5, 0.6) is 5.75 Å². The number of hydrogen-bond acceptors (Lipinski definition) is 6. The van der Waals surface area contributed by atoms with E-state index in [9.17, 15) is 14.4 Å². The molecule has 0 atom stereocenters. The average Bonchev–Trinajstić information content (AvgIpc) is 2.99. The second-order valence-corrected chi connectivity index (χ2v) is 7.94. The fourth-order valence-electron chi connectivity index (χ4n) is 2.79. The van der Waals surface area contributed by atoms with Crippen LogP contribution < -0.4 is 10.1 Å². The zero-order valence-corrected chi connectivity index (χ0v) is 17.6. The van der Waals surface area contributed by atoms with Gasteiger partial charge >= 0.3 is 5.97 Å². The van der Waals surface area contributed by atoms with Gasteiger partial charge in [0.25, 0.3) is 5.91 Å². The molecule has 7 nitrogen and oxygen atoms in total. The highest BCUT2D eigenvalue weighted by molar-refractivity contribution is 8.26. The Kier molecular flexibility index (Phi) is 6.86. The predicted molar refractivity (Wildman–Crippen MR) is 120 cm³/mol. The van der Waals surface area contributed by atoms with Crippen LogP contribution in [0, 0.1) is 0 Å². The largest absolute Gasteiger partial charge is 0.496 e. The molecule has 0 unspecified atom stereocenters. The number of benzene rings is 2. The van der Waals surface area contributed by atoms with Crippen molar-refractivity contribution in [2.45, 2.75) is 6.42 Å². The number of aromatic carboxylic acids is 1. The standard InChI is InChI=1S/C21H18N2O5S2/c1-28-16-8-3-2-5-13(16)12-17-19(25)23(21(29)30-17)10-9-18(24)22-15-7-4-6-14(11-15)20(26)27/h2-8,11-12H,9-10H2,1H3,(H,22,24)(H,26,27)/b17-12+. The van der Waals surface area contributed by atoms with E-state index in [0.29, 0.717) is 20.7 Å². The summed E-state index contributed by atoms with van der Waals surface area (Å²) in [5, 5.41) is 11.7. The van der Waals surface area contributed by atoms with Crippen LogP contribution in [-0.4, -0.2) is 45.8 Å². The summed E-state index contributed by atoms with van der Waals surface area (Å²) in [4.78, 5) is 37.8. The van der Waals surface area contributed by atoms with E-state index >= 15 is 0 Å². The van der Waals surface area contributed by atoms with Gasteiger partial charge in [-0.15, -0.1) is 0 Å². The van der Waals surface area contributed by atoms with Gasteiger partial charge in [0, 0.05) is 24.2 Å². The SMILES string of the molecule is COc1ccccc1/C=C1/SC(=S)N(CCC(=O)Nc2cccc(C(=O)O)c2)C1=O. The predicted octanol–water partition coefficient (Wildman–Crippen LogP) is 3.62. The second kappa shape index (κ2) is 9.55. The first-order valence-electron chi connectivity index (χ1n) is 8.90. The molecule has 0 radical (unpaired) electrons. The summed E-state index contributed by atoms with van der Waals surface area (Å²) < 4.78 is 5.68. The smallest absolute Gasteiger partial charge is 0.335 e. The summed E-state index contributed by atoms with van der Waals surface area (Å²) in [6, 6.07) is 13.3. The van der Waals surface area contributed by atoms with Crippen LogP contribution in [0.2, 0.25) is 0 Å². The molecule has 2 aromatic carbocycles. The number of thioether (sulfide) groups is 1. The molecule has 30 heavy (non-hydrogen) atoms. The van der Waals surface area contributed by atoms with Crippen LogP contribution in [0.3, 0.4) is 0 Å². The molecule has 2 amide bonds. The van der Waals surface area contributed by atoms with Crippen molar-refractivity contribution in [3.63, 3.8) is 0 Å². The van der Waals surface area contributed by atoms with E-state index in [-0.39, 0.29) is 30.3 Å². The van der Waals surface area contributed by atoms with Gasteiger partial charge in [-0.3, -0.25) is 14.5 Å². The zero-order chi connectivity index (χ0) is 21.7. The molecule has 1 fully saturated rings. The lowest BCUT2D eigenvalue weighted by Gasteiger charge is -2.14. The molecule has 2 aromatic rings. The maximum Gasteiger partial charge on any atom is 0.335 e. The van der Waals surface area contributed by atoms with Crippen molar-refractivity contribution >= 4 is 57.8 Å². The van der Waals surface area contributed by atoms with Gasteiger partial charge in [-0.1, -0.05) is 48.2 Å². The molecule has 2 N–H and O–H groups in total. The van der Waals surface area contributed by atoms with Gasteiger partial charge in [-0.25, -0.2) is 4.79 Å².